The number of nitrogens with zero attached hydrogens (tertiary/aromatic N) is 2. The van der Waals surface area contributed by atoms with E-state index in [4.69, 9.17) is 33.5 Å². The van der Waals surface area contributed by atoms with Crippen molar-refractivity contribution in [1.82, 2.24) is 9.13 Å². The van der Waals surface area contributed by atoms with Crippen molar-refractivity contribution >= 4 is 89.5 Å². The standard InChI is InChI=1S/C30H60N2O12Si8/c1-45(2,3)39-51(40-46(4,5)6,41-47(7,8)9)37-21-31-27(33)23-19-25-26(20-24(23)28(31)34)30(36)32(29(25)35)22-38-52(42-48(10,11)12,43-49(13,14)15)44-50(16,17)18/h19-20H,21-22H2,1-18H3. The Morgan fingerprint density at radius 3 is 0.692 bits per heavy atom. The van der Waals surface area contributed by atoms with E-state index in [-0.39, 0.29) is 21.5 Å². The molecule has 0 unspecified atom stereocenters. The van der Waals surface area contributed by atoms with Crippen LogP contribution in [0.2, 0.25) is 118 Å². The van der Waals surface area contributed by atoms with Gasteiger partial charge in [-0.1, -0.05) is 0 Å². The van der Waals surface area contributed by atoms with Gasteiger partial charge in [0.25, 0.3) is 22.2 Å². The van der Waals surface area contributed by atoms with E-state index in [1.54, 1.807) is 0 Å². The summed E-state index contributed by atoms with van der Waals surface area (Å²) >= 11 is 0. The molecule has 0 aliphatic rings. The van der Waals surface area contributed by atoms with E-state index in [2.05, 4.69) is 0 Å². The molecule has 0 atom stereocenters. The molecule has 2 aromatic heterocycles. The topological polar surface area (TPSA) is 152 Å². The lowest BCUT2D eigenvalue weighted by atomic mass is 10.1. The Kier molecular flexibility index (Phi) is 13.2. The lowest BCUT2D eigenvalue weighted by Crippen LogP contribution is -2.62. The van der Waals surface area contributed by atoms with Gasteiger partial charge in [-0.05, 0) is 130 Å². The first-order valence-electron chi connectivity index (χ1n) is 17.4. The van der Waals surface area contributed by atoms with Crippen molar-refractivity contribution in [1.29, 1.82) is 0 Å². The second-order valence-electron chi connectivity index (χ2n) is 18.9. The fourth-order valence-electron chi connectivity index (χ4n) is 5.15. The molecule has 0 spiro atoms. The number of fused-ring (bicyclic) bond motifs is 2. The van der Waals surface area contributed by atoms with Crippen LogP contribution in [-0.4, -0.2) is 77.1 Å². The smallest absolute Gasteiger partial charge is 0.395 e. The molecule has 0 aliphatic carbocycles. The molecule has 0 radical (unpaired) electrons. The largest absolute Gasteiger partial charge is 0.649 e. The van der Waals surface area contributed by atoms with Crippen LogP contribution in [0.4, 0.5) is 0 Å². The van der Waals surface area contributed by atoms with Crippen molar-refractivity contribution < 1.29 is 33.5 Å². The zero-order chi connectivity index (χ0) is 40.3. The molecule has 0 N–H and O–H groups in total. The zero-order valence-corrected chi connectivity index (χ0v) is 42.4. The minimum atomic E-state index is -3.86. The highest BCUT2D eigenvalue weighted by Gasteiger charge is 2.55. The Bertz CT molecular complexity index is 1670. The Hall–Kier alpha value is -1.08. The summed E-state index contributed by atoms with van der Waals surface area (Å²) in [7, 11) is -21.6. The van der Waals surface area contributed by atoms with Crippen LogP contribution < -0.4 is 22.2 Å². The molecule has 1 aromatic carbocycles. The quantitative estimate of drug-likeness (QED) is 0.141. The van der Waals surface area contributed by atoms with Gasteiger partial charge in [-0.3, -0.25) is 28.3 Å². The Labute approximate surface area is 315 Å². The lowest BCUT2D eigenvalue weighted by Gasteiger charge is -2.40. The van der Waals surface area contributed by atoms with Crippen molar-refractivity contribution in [2.45, 2.75) is 131 Å². The molecule has 0 fully saturated rings. The van der Waals surface area contributed by atoms with E-state index in [0.29, 0.717) is 0 Å². The van der Waals surface area contributed by atoms with Crippen LogP contribution >= 0.6 is 0 Å². The van der Waals surface area contributed by atoms with Crippen molar-refractivity contribution in [3.8, 4) is 0 Å². The molecule has 0 saturated heterocycles. The molecular weight excluding hydrogens is 805 g/mol. The summed E-state index contributed by atoms with van der Waals surface area (Å²) in [5.74, 6) is 0. The van der Waals surface area contributed by atoms with Crippen LogP contribution in [0.5, 0.6) is 0 Å². The highest BCUT2D eigenvalue weighted by molar-refractivity contribution is 6.88. The normalized spacial score (nSPS) is 14.7. The van der Waals surface area contributed by atoms with Crippen molar-refractivity contribution in [2.75, 3.05) is 0 Å². The molecular formula is C30H60N2O12Si8. The van der Waals surface area contributed by atoms with E-state index in [9.17, 15) is 19.2 Å². The van der Waals surface area contributed by atoms with Crippen molar-refractivity contribution in [3.05, 3.63) is 53.5 Å². The number of aromatic nitrogens is 2. The third-order valence-electron chi connectivity index (χ3n) is 6.39. The summed E-state index contributed by atoms with van der Waals surface area (Å²) < 4.78 is 53.6. The van der Waals surface area contributed by atoms with Crippen LogP contribution in [0, 0.1) is 0 Å². The zero-order valence-electron chi connectivity index (χ0n) is 34.4. The van der Waals surface area contributed by atoms with E-state index >= 15 is 0 Å². The maximum absolute atomic E-state index is 13.8. The maximum atomic E-state index is 13.8. The summed E-state index contributed by atoms with van der Waals surface area (Å²) in [6, 6.07) is 2.60. The Morgan fingerprint density at radius 1 is 0.365 bits per heavy atom. The molecule has 0 aliphatic heterocycles. The van der Waals surface area contributed by atoms with Crippen molar-refractivity contribution in [3.63, 3.8) is 0 Å². The third kappa shape index (κ3) is 12.5. The first kappa shape index (κ1) is 45.3. The highest BCUT2D eigenvalue weighted by atomic mass is 28.5. The van der Waals surface area contributed by atoms with Crippen LogP contribution in [0.3, 0.4) is 0 Å². The van der Waals surface area contributed by atoms with Gasteiger partial charge in [-0.15, -0.1) is 0 Å². The first-order chi connectivity index (χ1) is 23.0. The van der Waals surface area contributed by atoms with Gasteiger partial charge >= 0.3 is 18.1 Å². The number of rotatable bonds is 18. The molecule has 3 rings (SSSR count). The third-order valence-corrected chi connectivity index (χ3v) is 28.1. The number of benzene rings is 1. The highest BCUT2D eigenvalue weighted by Crippen LogP contribution is 2.29. The van der Waals surface area contributed by atoms with Gasteiger partial charge in [0.15, 0.2) is 49.9 Å². The Morgan fingerprint density at radius 2 is 0.538 bits per heavy atom. The Balaban J connectivity index is 2.12. The molecule has 14 nitrogen and oxygen atoms in total. The molecule has 294 valence electrons. The minimum Gasteiger partial charge on any atom is -0.395 e. The van der Waals surface area contributed by atoms with E-state index in [1.165, 1.54) is 12.1 Å². The predicted molar refractivity (Wildman–Crippen MR) is 225 cm³/mol. The molecule has 0 amide bonds. The number of hydrogen-bond donors (Lipinski definition) is 0. The van der Waals surface area contributed by atoms with Gasteiger partial charge in [0.1, 0.15) is 13.5 Å². The van der Waals surface area contributed by atoms with E-state index in [0.717, 1.165) is 9.13 Å². The molecule has 52 heavy (non-hydrogen) atoms. The number of hydrogen-bond acceptors (Lipinski definition) is 12. The molecule has 2 heterocycles. The monoisotopic (exact) mass is 864 g/mol. The fourth-order valence-corrected chi connectivity index (χ4v) is 28.4. The molecule has 0 bridgehead atoms. The van der Waals surface area contributed by atoms with Gasteiger partial charge in [-0.25, -0.2) is 0 Å². The van der Waals surface area contributed by atoms with E-state index < -0.39 is 104 Å². The predicted octanol–water partition coefficient (Wildman–Crippen LogP) is 5.84. The summed E-state index contributed by atoms with van der Waals surface area (Å²) in [5.41, 5.74) is -2.68. The van der Waals surface area contributed by atoms with E-state index in [1.807, 2.05) is 118 Å². The molecule has 22 heteroatoms. The van der Waals surface area contributed by atoms with Gasteiger partial charge in [0.05, 0.1) is 21.5 Å². The molecule has 3 aromatic rings. The maximum Gasteiger partial charge on any atom is 0.649 e. The van der Waals surface area contributed by atoms with Gasteiger partial charge in [0.2, 0.25) is 0 Å². The minimum absolute atomic E-state index is 0.0122. The van der Waals surface area contributed by atoms with Crippen LogP contribution in [-0.2, 0) is 47.0 Å². The average Bonchev–Trinajstić information content (AvgIpc) is 3.22. The average molecular weight is 866 g/mol. The first-order valence-corrected chi connectivity index (χ1v) is 41.1. The van der Waals surface area contributed by atoms with Crippen LogP contribution in [0.1, 0.15) is 0 Å². The lowest BCUT2D eigenvalue weighted by molar-refractivity contribution is 0.0503. The SMILES string of the molecule is C[Si](C)(C)O[Si](OCn1c(=O)c2cc3c(=O)n(CO[Si](O[Si](C)(C)C)(O[Si](C)(C)C)O[Si](C)(C)C)c(=O)c3cc2c1=O)(O[Si](C)(C)C)O[Si](C)(C)C. The van der Waals surface area contributed by atoms with Crippen LogP contribution in [0.25, 0.3) is 21.5 Å². The van der Waals surface area contributed by atoms with Crippen LogP contribution in [0.15, 0.2) is 31.3 Å². The summed E-state index contributed by atoms with van der Waals surface area (Å²) in [5, 5.41) is -0.0489. The van der Waals surface area contributed by atoms with Gasteiger partial charge in [-0.2, -0.15) is 0 Å². The van der Waals surface area contributed by atoms with Crippen molar-refractivity contribution in [2.24, 2.45) is 0 Å². The second-order valence-corrected chi connectivity index (χ2v) is 51.7. The summed E-state index contributed by atoms with van der Waals surface area (Å²) in [4.78, 5) is 55.1. The fraction of sp³-hybridized carbons (Fsp3) is 0.667. The summed E-state index contributed by atoms with van der Waals surface area (Å²) in [6.07, 6.45) is 0. The van der Waals surface area contributed by atoms with Gasteiger partial charge in [0, 0.05) is 0 Å². The summed E-state index contributed by atoms with van der Waals surface area (Å²) in [6.45, 7) is 34.9. The second kappa shape index (κ2) is 15.1. The van der Waals surface area contributed by atoms with Gasteiger partial charge < -0.3 is 33.5 Å². The molecule has 0 saturated carbocycles.